The molecular formula is C21H40N6O2. The van der Waals surface area contributed by atoms with Gasteiger partial charge >= 0.3 is 6.09 Å². The number of hydrogen-bond acceptors (Lipinski definition) is 4. The summed E-state index contributed by atoms with van der Waals surface area (Å²) in [6, 6.07) is 1.97. The maximum absolute atomic E-state index is 12.1. The predicted molar refractivity (Wildman–Crippen MR) is 118 cm³/mol. The number of aromatic nitrogens is 2. The van der Waals surface area contributed by atoms with Crippen molar-refractivity contribution in [2.75, 3.05) is 27.2 Å². The number of ether oxygens (including phenoxy) is 1. The van der Waals surface area contributed by atoms with Crippen molar-refractivity contribution in [3.8, 4) is 0 Å². The van der Waals surface area contributed by atoms with E-state index in [0.717, 1.165) is 32.0 Å². The van der Waals surface area contributed by atoms with Crippen LogP contribution in [0.4, 0.5) is 4.79 Å². The Labute approximate surface area is 176 Å². The number of amides is 1. The topological polar surface area (TPSA) is 83.8 Å². The Hall–Kier alpha value is -2.25. The SMILES string of the molecule is CN=C(NCC(C)Cn1cccn1)N(C)CCC(NC(=O)OC(C)(C)C)C(C)C. The predicted octanol–water partition coefficient (Wildman–Crippen LogP) is 2.97. The molecule has 0 saturated heterocycles. The van der Waals surface area contributed by atoms with Crippen molar-refractivity contribution in [2.45, 2.75) is 66.2 Å². The van der Waals surface area contributed by atoms with Crippen molar-refractivity contribution in [2.24, 2.45) is 16.8 Å². The van der Waals surface area contributed by atoms with Gasteiger partial charge in [0, 0.05) is 52.2 Å². The molecule has 2 unspecified atom stereocenters. The second-order valence-electron chi connectivity index (χ2n) is 8.97. The van der Waals surface area contributed by atoms with Crippen LogP contribution in [0.5, 0.6) is 0 Å². The zero-order chi connectivity index (χ0) is 22.0. The first-order valence-corrected chi connectivity index (χ1v) is 10.4. The van der Waals surface area contributed by atoms with E-state index in [9.17, 15) is 4.79 Å². The molecule has 0 radical (unpaired) electrons. The highest BCUT2D eigenvalue weighted by Gasteiger charge is 2.22. The molecule has 0 aliphatic carbocycles. The fourth-order valence-electron chi connectivity index (χ4n) is 2.91. The van der Waals surface area contributed by atoms with Crippen molar-refractivity contribution in [1.29, 1.82) is 0 Å². The first-order chi connectivity index (χ1) is 13.5. The monoisotopic (exact) mass is 408 g/mol. The molecule has 0 saturated carbocycles. The van der Waals surface area contributed by atoms with Gasteiger partial charge in [-0.15, -0.1) is 0 Å². The summed E-state index contributed by atoms with van der Waals surface area (Å²) in [5.41, 5.74) is -0.499. The molecule has 1 amide bonds. The molecule has 2 N–H and O–H groups in total. The minimum atomic E-state index is -0.499. The van der Waals surface area contributed by atoms with Crippen LogP contribution in [0.25, 0.3) is 0 Å². The summed E-state index contributed by atoms with van der Waals surface area (Å²) >= 11 is 0. The average Bonchev–Trinajstić information content (AvgIpc) is 3.10. The molecule has 1 heterocycles. The second-order valence-corrected chi connectivity index (χ2v) is 8.97. The molecule has 29 heavy (non-hydrogen) atoms. The molecule has 0 bridgehead atoms. The molecule has 0 aliphatic heterocycles. The summed E-state index contributed by atoms with van der Waals surface area (Å²) < 4.78 is 7.33. The van der Waals surface area contributed by atoms with Crippen LogP contribution < -0.4 is 10.6 Å². The molecule has 1 aromatic heterocycles. The maximum atomic E-state index is 12.1. The summed E-state index contributed by atoms with van der Waals surface area (Å²) in [5, 5.41) is 10.7. The summed E-state index contributed by atoms with van der Waals surface area (Å²) in [6.45, 7) is 14.4. The molecule has 8 heteroatoms. The Balaban J connectivity index is 2.48. The summed E-state index contributed by atoms with van der Waals surface area (Å²) in [7, 11) is 3.80. The van der Waals surface area contributed by atoms with Crippen LogP contribution >= 0.6 is 0 Å². The van der Waals surface area contributed by atoms with E-state index in [-0.39, 0.29) is 12.1 Å². The molecule has 0 spiro atoms. The van der Waals surface area contributed by atoms with E-state index < -0.39 is 5.60 Å². The van der Waals surface area contributed by atoms with Crippen molar-refractivity contribution in [1.82, 2.24) is 25.3 Å². The van der Waals surface area contributed by atoms with Gasteiger partial charge in [-0.1, -0.05) is 20.8 Å². The van der Waals surface area contributed by atoms with Gasteiger partial charge in [0.15, 0.2) is 5.96 Å². The van der Waals surface area contributed by atoms with E-state index in [1.807, 2.05) is 44.8 Å². The number of rotatable bonds is 9. The number of aliphatic imine (C=N–C) groups is 1. The number of carbonyl (C=O) groups excluding carboxylic acids is 1. The first kappa shape index (κ1) is 24.8. The number of guanidine groups is 1. The number of hydrogen-bond donors (Lipinski definition) is 2. The quantitative estimate of drug-likeness (QED) is 0.485. The van der Waals surface area contributed by atoms with Gasteiger partial charge in [-0.2, -0.15) is 5.10 Å². The lowest BCUT2D eigenvalue weighted by molar-refractivity contribution is 0.0486. The molecule has 8 nitrogen and oxygen atoms in total. The lowest BCUT2D eigenvalue weighted by atomic mass is 10.0. The summed E-state index contributed by atoms with van der Waals surface area (Å²) in [5.74, 6) is 1.56. The molecular weight excluding hydrogens is 368 g/mol. The Morgan fingerprint density at radius 3 is 2.52 bits per heavy atom. The summed E-state index contributed by atoms with van der Waals surface area (Å²) in [4.78, 5) is 18.6. The lowest BCUT2D eigenvalue weighted by Crippen LogP contribution is -2.46. The molecule has 166 valence electrons. The van der Waals surface area contributed by atoms with Crippen LogP contribution in [0.3, 0.4) is 0 Å². The third-order valence-electron chi connectivity index (χ3n) is 4.52. The Morgan fingerprint density at radius 1 is 1.31 bits per heavy atom. The molecule has 0 aliphatic rings. The van der Waals surface area contributed by atoms with Crippen LogP contribution in [-0.2, 0) is 11.3 Å². The van der Waals surface area contributed by atoms with E-state index in [2.05, 4.69) is 46.4 Å². The number of alkyl carbamates (subject to hydrolysis) is 1. The van der Waals surface area contributed by atoms with Crippen LogP contribution in [0.15, 0.2) is 23.5 Å². The highest BCUT2D eigenvalue weighted by atomic mass is 16.6. The number of nitrogens with one attached hydrogen (secondary N) is 2. The van der Waals surface area contributed by atoms with Gasteiger partial charge in [0.25, 0.3) is 0 Å². The Morgan fingerprint density at radius 2 is 2.00 bits per heavy atom. The third-order valence-corrected chi connectivity index (χ3v) is 4.52. The fraction of sp³-hybridized carbons (Fsp3) is 0.762. The number of carbonyl (C=O) groups is 1. The third kappa shape index (κ3) is 10.2. The zero-order valence-electron chi connectivity index (χ0n) is 19.4. The smallest absolute Gasteiger partial charge is 0.407 e. The van der Waals surface area contributed by atoms with Crippen molar-refractivity contribution >= 4 is 12.1 Å². The van der Waals surface area contributed by atoms with E-state index in [1.54, 1.807) is 13.2 Å². The number of nitrogens with zero attached hydrogens (tertiary/aromatic N) is 4. The maximum Gasteiger partial charge on any atom is 0.407 e. The highest BCUT2D eigenvalue weighted by molar-refractivity contribution is 5.79. The van der Waals surface area contributed by atoms with Crippen molar-refractivity contribution in [3.05, 3.63) is 18.5 Å². The molecule has 1 aromatic rings. The Bertz CT molecular complexity index is 622. The molecule has 0 aromatic carbocycles. The minimum Gasteiger partial charge on any atom is -0.444 e. The average molecular weight is 409 g/mol. The molecule has 0 fully saturated rings. The van der Waals surface area contributed by atoms with E-state index in [4.69, 9.17) is 4.74 Å². The lowest BCUT2D eigenvalue weighted by Gasteiger charge is -2.29. The van der Waals surface area contributed by atoms with Gasteiger partial charge in [0.2, 0.25) is 0 Å². The minimum absolute atomic E-state index is 0.0316. The van der Waals surface area contributed by atoms with E-state index >= 15 is 0 Å². The van der Waals surface area contributed by atoms with E-state index in [0.29, 0.717) is 11.8 Å². The van der Waals surface area contributed by atoms with Crippen LogP contribution in [0, 0.1) is 11.8 Å². The van der Waals surface area contributed by atoms with Crippen LogP contribution in [0.1, 0.15) is 48.0 Å². The normalized spacial score (nSPS) is 14.4. The van der Waals surface area contributed by atoms with Crippen molar-refractivity contribution in [3.63, 3.8) is 0 Å². The van der Waals surface area contributed by atoms with Gasteiger partial charge < -0.3 is 20.3 Å². The van der Waals surface area contributed by atoms with Gasteiger partial charge in [-0.05, 0) is 45.1 Å². The Kier molecular flexibility index (Phi) is 9.98. The largest absolute Gasteiger partial charge is 0.444 e. The first-order valence-electron chi connectivity index (χ1n) is 10.4. The van der Waals surface area contributed by atoms with Crippen LogP contribution in [0.2, 0.25) is 0 Å². The highest BCUT2D eigenvalue weighted by Crippen LogP contribution is 2.11. The van der Waals surface area contributed by atoms with Gasteiger partial charge in [-0.3, -0.25) is 9.67 Å². The summed E-state index contributed by atoms with van der Waals surface area (Å²) in [6.07, 6.45) is 4.20. The van der Waals surface area contributed by atoms with Gasteiger partial charge in [-0.25, -0.2) is 4.79 Å². The fourth-order valence-corrected chi connectivity index (χ4v) is 2.91. The molecule has 2 atom stereocenters. The standard InChI is InChI=1S/C21H40N6O2/c1-16(2)18(25-20(28)29-21(4,5)6)10-13-26(8)19(22-7)23-14-17(3)15-27-12-9-11-24-27/h9,11-12,16-18H,10,13-15H2,1-8H3,(H,22,23)(H,25,28). The zero-order valence-corrected chi connectivity index (χ0v) is 19.4. The van der Waals surface area contributed by atoms with Crippen LogP contribution in [-0.4, -0.2) is 65.6 Å². The van der Waals surface area contributed by atoms with Crippen molar-refractivity contribution < 1.29 is 9.53 Å². The molecule has 1 rings (SSSR count). The van der Waals surface area contributed by atoms with Gasteiger partial charge in [0.05, 0.1) is 0 Å². The second kappa shape index (κ2) is 11.7. The van der Waals surface area contributed by atoms with E-state index in [1.165, 1.54) is 0 Å². The van der Waals surface area contributed by atoms with Gasteiger partial charge in [0.1, 0.15) is 5.60 Å².